The molecule has 1 aromatic heterocycles. The van der Waals surface area contributed by atoms with Crippen LogP contribution in [0.3, 0.4) is 0 Å². The molecule has 1 N–H and O–H groups in total. The van der Waals surface area contributed by atoms with Crippen molar-refractivity contribution in [3.8, 4) is 0 Å². The monoisotopic (exact) mass is 291 g/mol. The molecule has 0 amide bonds. The predicted molar refractivity (Wildman–Crippen MR) is 73.1 cm³/mol. The first-order chi connectivity index (χ1) is 9.59. The van der Waals surface area contributed by atoms with E-state index >= 15 is 0 Å². The van der Waals surface area contributed by atoms with Crippen LogP contribution in [-0.2, 0) is 0 Å². The van der Waals surface area contributed by atoms with Crippen molar-refractivity contribution in [2.45, 2.75) is 0 Å². The van der Waals surface area contributed by atoms with Gasteiger partial charge in [0.05, 0.1) is 16.1 Å². The van der Waals surface area contributed by atoms with Gasteiger partial charge in [-0.25, -0.2) is 8.78 Å². The number of benzene rings is 2. The quantitative estimate of drug-likeness (QED) is 0.700. The summed E-state index contributed by atoms with van der Waals surface area (Å²) in [5, 5.41) is 1.03. The van der Waals surface area contributed by atoms with Crippen LogP contribution in [0.2, 0.25) is 5.02 Å². The molecule has 0 saturated heterocycles. The standard InChI is InChI=1S/C15H8ClF2NO/c16-11-5-1-3-8-10(7-19-14(8)11)15(20)9-4-2-6-12(17)13(9)18/h1-7,19H. The molecule has 0 fully saturated rings. The third-order valence-electron chi connectivity index (χ3n) is 3.11. The molecule has 3 rings (SSSR count). The van der Waals surface area contributed by atoms with Gasteiger partial charge in [-0.15, -0.1) is 0 Å². The third-order valence-corrected chi connectivity index (χ3v) is 3.42. The molecule has 0 aliphatic rings. The van der Waals surface area contributed by atoms with Crippen LogP contribution in [0.5, 0.6) is 0 Å². The number of rotatable bonds is 2. The maximum absolute atomic E-state index is 13.7. The third kappa shape index (κ3) is 1.89. The molecule has 0 bridgehead atoms. The van der Waals surface area contributed by atoms with E-state index in [4.69, 9.17) is 11.6 Å². The molecule has 0 spiro atoms. The lowest BCUT2D eigenvalue weighted by Crippen LogP contribution is -2.05. The number of fused-ring (bicyclic) bond motifs is 1. The summed E-state index contributed by atoms with van der Waals surface area (Å²) in [5.41, 5.74) is 0.548. The number of aromatic amines is 1. The number of carbonyl (C=O) groups excluding carboxylic acids is 1. The molecule has 2 aromatic carbocycles. The Kier molecular flexibility index (Phi) is 3.03. The van der Waals surface area contributed by atoms with Crippen LogP contribution in [0.15, 0.2) is 42.6 Å². The lowest BCUT2D eigenvalue weighted by atomic mass is 10.0. The first kappa shape index (κ1) is 12.8. The first-order valence-corrected chi connectivity index (χ1v) is 6.21. The second-order valence-electron chi connectivity index (χ2n) is 4.30. The van der Waals surface area contributed by atoms with Crippen molar-refractivity contribution in [2.75, 3.05) is 0 Å². The van der Waals surface area contributed by atoms with Crippen LogP contribution in [-0.4, -0.2) is 10.8 Å². The maximum atomic E-state index is 13.7. The van der Waals surface area contributed by atoms with Crippen molar-refractivity contribution >= 4 is 28.3 Å². The number of nitrogens with one attached hydrogen (secondary N) is 1. The van der Waals surface area contributed by atoms with Crippen molar-refractivity contribution in [3.63, 3.8) is 0 Å². The molecular formula is C15H8ClF2NO. The summed E-state index contributed by atoms with van der Waals surface area (Å²) in [6.07, 6.45) is 1.45. The molecule has 100 valence electrons. The van der Waals surface area contributed by atoms with Gasteiger partial charge in [-0.1, -0.05) is 29.8 Å². The summed E-state index contributed by atoms with van der Waals surface area (Å²) in [5.74, 6) is -2.78. The molecule has 0 aliphatic heterocycles. The van der Waals surface area contributed by atoms with Gasteiger partial charge in [-0.2, -0.15) is 0 Å². The molecule has 20 heavy (non-hydrogen) atoms. The molecule has 2 nitrogen and oxygen atoms in total. The van der Waals surface area contributed by atoms with Gasteiger partial charge in [0, 0.05) is 17.1 Å². The number of H-pyrrole nitrogens is 1. The van der Waals surface area contributed by atoms with Crippen LogP contribution in [0, 0.1) is 11.6 Å². The van der Waals surface area contributed by atoms with E-state index in [9.17, 15) is 13.6 Å². The van der Waals surface area contributed by atoms with Gasteiger partial charge in [0.1, 0.15) is 0 Å². The van der Waals surface area contributed by atoms with E-state index in [2.05, 4.69) is 4.98 Å². The van der Waals surface area contributed by atoms with E-state index in [-0.39, 0.29) is 11.1 Å². The topological polar surface area (TPSA) is 32.9 Å². The average Bonchev–Trinajstić information content (AvgIpc) is 2.86. The molecule has 3 aromatic rings. The molecular weight excluding hydrogens is 284 g/mol. The number of hydrogen-bond acceptors (Lipinski definition) is 1. The Balaban J connectivity index is 2.18. The van der Waals surface area contributed by atoms with Gasteiger partial charge in [-0.05, 0) is 18.2 Å². The highest BCUT2D eigenvalue weighted by Gasteiger charge is 2.20. The Hall–Kier alpha value is -2.20. The van der Waals surface area contributed by atoms with Gasteiger partial charge in [0.25, 0.3) is 0 Å². The second-order valence-corrected chi connectivity index (χ2v) is 4.70. The maximum Gasteiger partial charge on any atom is 0.198 e. The van der Waals surface area contributed by atoms with Gasteiger partial charge in [0.15, 0.2) is 17.4 Å². The van der Waals surface area contributed by atoms with E-state index in [1.54, 1.807) is 18.2 Å². The SMILES string of the molecule is O=C(c1cccc(F)c1F)c1c[nH]c2c(Cl)cccc12. The number of para-hydroxylation sites is 1. The summed E-state index contributed by atoms with van der Waals surface area (Å²) in [6, 6.07) is 8.59. The fourth-order valence-corrected chi connectivity index (χ4v) is 2.36. The lowest BCUT2D eigenvalue weighted by Gasteiger charge is -2.02. The van der Waals surface area contributed by atoms with Gasteiger partial charge >= 0.3 is 0 Å². The summed E-state index contributed by atoms with van der Waals surface area (Å²) in [4.78, 5) is 15.2. The predicted octanol–water partition coefficient (Wildman–Crippen LogP) is 4.33. The fraction of sp³-hybridized carbons (Fsp3) is 0. The second kappa shape index (κ2) is 4.72. The Labute approximate surface area is 118 Å². The first-order valence-electron chi connectivity index (χ1n) is 5.84. The Morgan fingerprint density at radius 2 is 1.80 bits per heavy atom. The molecule has 5 heteroatoms. The zero-order valence-electron chi connectivity index (χ0n) is 10.1. The zero-order chi connectivity index (χ0) is 14.3. The van der Waals surface area contributed by atoms with Crippen LogP contribution in [0.4, 0.5) is 8.78 Å². The average molecular weight is 292 g/mol. The van der Waals surface area contributed by atoms with Crippen LogP contribution >= 0.6 is 11.6 Å². The molecule has 0 atom stereocenters. The van der Waals surface area contributed by atoms with Crippen molar-refractivity contribution in [3.05, 3.63) is 70.4 Å². The highest BCUT2D eigenvalue weighted by Crippen LogP contribution is 2.27. The summed E-state index contributed by atoms with van der Waals surface area (Å²) >= 11 is 6.00. The van der Waals surface area contributed by atoms with Crippen molar-refractivity contribution in [1.29, 1.82) is 0 Å². The molecule has 1 heterocycles. The van der Waals surface area contributed by atoms with Crippen molar-refractivity contribution in [2.24, 2.45) is 0 Å². The highest BCUT2D eigenvalue weighted by atomic mass is 35.5. The summed E-state index contributed by atoms with van der Waals surface area (Å²) in [6.45, 7) is 0. The summed E-state index contributed by atoms with van der Waals surface area (Å²) < 4.78 is 26.9. The largest absolute Gasteiger partial charge is 0.359 e. The van der Waals surface area contributed by atoms with E-state index in [1.165, 1.54) is 18.3 Å². The van der Waals surface area contributed by atoms with E-state index in [0.29, 0.717) is 15.9 Å². The molecule has 0 aliphatic carbocycles. The number of aromatic nitrogens is 1. The molecule has 0 unspecified atom stereocenters. The zero-order valence-corrected chi connectivity index (χ0v) is 10.8. The minimum atomic E-state index is -1.14. The van der Waals surface area contributed by atoms with Crippen LogP contribution in [0.1, 0.15) is 15.9 Å². The normalized spacial score (nSPS) is 10.9. The van der Waals surface area contributed by atoms with E-state index in [1.807, 2.05) is 0 Å². The Morgan fingerprint density at radius 3 is 2.60 bits per heavy atom. The van der Waals surface area contributed by atoms with E-state index < -0.39 is 17.4 Å². The van der Waals surface area contributed by atoms with Gasteiger partial charge in [0.2, 0.25) is 0 Å². The fourth-order valence-electron chi connectivity index (χ4n) is 2.13. The number of hydrogen-bond donors (Lipinski definition) is 1. The van der Waals surface area contributed by atoms with Gasteiger partial charge < -0.3 is 4.98 Å². The van der Waals surface area contributed by atoms with Gasteiger partial charge in [-0.3, -0.25) is 4.79 Å². The number of halogens is 3. The molecule has 0 saturated carbocycles. The van der Waals surface area contributed by atoms with E-state index in [0.717, 1.165) is 6.07 Å². The minimum absolute atomic E-state index is 0.256. The minimum Gasteiger partial charge on any atom is -0.359 e. The number of carbonyl (C=O) groups is 1. The van der Waals surface area contributed by atoms with Crippen LogP contribution in [0.25, 0.3) is 10.9 Å². The Bertz CT molecular complexity index is 826. The highest BCUT2D eigenvalue weighted by molar-refractivity contribution is 6.35. The smallest absolute Gasteiger partial charge is 0.198 e. The van der Waals surface area contributed by atoms with Crippen molar-refractivity contribution < 1.29 is 13.6 Å². The van der Waals surface area contributed by atoms with Crippen LogP contribution < -0.4 is 0 Å². The molecule has 0 radical (unpaired) electrons. The lowest BCUT2D eigenvalue weighted by molar-refractivity contribution is 0.103. The summed E-state index contributed by atoms with van der Waals surface area (Å²) in [7, 11) is 0. The number of ketones is 1. The Morgan fingerprint density at radius 1 is 1.05 bits per heavy atom. The van der Waals surface area contributed by atoms with Crippen molar-refractivity contribution in [1.82, 2.24) is 4.98 Å².